The van der Waals surface area contributed by atoms with Gasteiger partial charge in [-0.25, -0.2) is 8.42 Å². The average molecular weight is 499 g/mol. The van der Waals surface area contributed by atoms with Gasteiger partial charge in [0.1, 0.15) is 5.75 Å². The first kappa shape index (κ1) is 26.2. The Hall–Kier alpha value is -3.40. The molecular formula is C26H30N2O6S. The fourth-order valence-corrected chi connectivity index (χ4v) is 4.24. The van der Waals surface area contributed by atoms with E-state index >= 15 is 0 Å². The number of carbonyl (C=O) groups is 1. The lowest BCUT2D eigenvalue weighted by molar-refractivity contribution is -0.139. The number of aliphatic hydroxyl groups is 1. The second-order valence-corrected chi connectivity index (χ2v) is 10.1. The van der Waals surface area contributed by atoms with Crippen molar-refractivity contribution in [1.82, 2.24) is 5.32 Å². The van der Waals surface area contributed by atoms with Crippen LogP contribution in [0, 0.1) is 0 Å². The van der Waals surface area contributed by atoms with Crippen LogP contribution in [0.4, 0.5) is 5.69 Å². The van der Waals surface area contributed by atoms with Gasteiger partial charge in [0.2, 0.25) is 10.0 Å². The molecule has 186 valence electrons. The van der Waals surface area contributed by atoms with Crippen LogP contribution in [-0.2, 0) is 32.4 Å². The molecule has 2 atom stereocenters. The lowest BCUT2D eigenvalue weighted by Gasteiger charge is -2.22. The van der Waals surface area contributed by atoms with E-state index in [1.807, 2.05) is 54.6 Å². The number of rotatable bonds is 11. The second kappa shape index (κ2) is 11.8. The molecule has 0 radical (unpaired) electrons. The molecule has 3 aromatic carbocycles. The summed E-state index contributed by atoms with van der Waals surface area (Å²) in [6.07, 6.45) is 0.895. The van der Waals surface area contributed by atoms with Crippen molar-refractivity contribution in [2.45, 2.75) is 25.0 Å². The third kappa shape index (κ3) is 8.10. The Kier molecular flexibility index (Phi) is 8.86. The molecule has 0 saturated carbocycles. The van der Waals surface area contributed by atoms with Gasteiger partial charge in [-0.3, -0.25) is 9.52 Å². The van der Waals surface area contributed by atoms with Crippen LogP contribution in [0.3, 0.4) is 0 Å². The Morgan fingerprint density at radius 1 is 0.971 bits per heavy atom. The molecule has 0 aromatic heterocycles. The number of hydrogen-bond donors (Lipinski definition) is 4. The van der Waals surface area contributed by atoms with Crippen molar-refractivity contribution in [1.29, 1.82) is 0 Å². The summed E-state index contributed by atoms with van der Waals surface area (Å²) in [5.41, 5.74) is 3.40. The summed E-state index contributed by atoms with van der Waals surface area (Å²) in [5, 5.41) is 24.1. The lowest BCUT2D eigenvalue weighted by Crippen LogP contribution is -2.28. The zero-order valence-corrected chi connectivity index (χ0v) is 20.5. The van der Waals surface area contributed by atoms with Crippen molar-refractivity contribution >= 4 is 21.7 Å². The fourth-order valence-electron chi connectivity index (χ4n) is 3.68. The summed E-state index contributed by atoms with van der Waals surface area (Å²) in [4.78, 5) is 11.6. The summed E-state index contributed by atoms with van der Waals surface area (Å²) in [5.74, 6) is -0.535. The number of esters is 1. The Labute approximate surface area is 205 Å². The highest BCUT2D eigenvalue weighted by Gasteiger charge is 2.17. The summed E-state index contributed by atoms with van der Waals surface area (Å²) >= 11 is 0. The van der Waals surface area contributed by atoms with E-state index in [2.05, 4.69) is 10.0 Å². The van der Waals surface area contributed by atoms with E-state index in [1.165, 1.54) is 19.2 Å². The number of sulfonamides is 1. The molecule has 35 heavy (non-hydrogen) atoms. The van der Waals surface area contributed by atoms with E-state index in [0.717, 1.165) is 22.9 Å². The Morgan fingerprint density at radius 2 is 1.63 bits per heavy atom. The molecule has 8 nitrogen and oxygen atoms in total. The maximum Gasteiger partial charge on any atom is 0.309 e. The van der Waals surface area contributed by atoms with Crippen molar-refractivity contribution in [2.75, 3.05) is 24.6 Å². The Morgan fingerprint density at radius 3 is 2.26 bits per heavy atom. The molecule has 0 aliphatic heterocycles. The number of benzene rings is 3. The second-order valence-electron chi connectivity index (χ2n) is 8.31. The van der Waals surface area contributed by atoms with Crippen LogP contribution in [0.1, 0.15) is 34.4 Å². The zero-order chi connectivity index (χ0) is 25.4. The van der Waals surface area contributed by atoms with Gasteiger partial charge in [0.15, 0.2) is 0 Å². The van der Waals surface area contributed by atoms with Crippen molar-refractivity contribution in [3.05, 3.63) is 95.1 Å². The normalized spacial score (nSPS) is 13.1. The highest BCUT2D eigenvalue weighted by Crippen LogP contribution is 2.28. The number of phenols is 1. The molecule has 1 unspecified atom stereocenters. The third-order valence-electron chi connectivity index (χ3n) is 5.50. The van der Waals surface area contributed by atoms with Gasteiger partial charge in [0.05, 0.1) is 31.6 Å². The Bertz CT molecular complexity index is 1230. The first-order chi connectivity index (χ1) is 16.6. The van der Waals surface area contributed by atoms with Crippen LogP contribution in [0.2, 0.25) is 0 Å². The number of aromatic hydroxyl groups is 1. The molecule has 4 N–H and O–H groups in total. The number of nitrogens with one attached hydrogen (secondary N) is 2. The number of carbonyl (C=O) groups excluding carboxylic acids is 1. The molecule has 0 amide bonds. The summed E-state index contributed by atoms with van der Waals surface area (Å²) in [7, 11) is -2.23. The van der Waals surface area contributed by atoms with Gasteiger partial charge in [-0.05, 0) is 40.8 Å². The van der Waals surface area contributed by atoms with Gasteiger partial charge in [0, 0.05) is 12.6 Å². The minimum atomic E-state index is -3.59. The van der Waals surface area contributed by atoms with Gasteiger partial charge in [-0.1, -0.05) is 60.7 Å². The van der Waals surface area contributed by atoms with Gasteiger partial charge >= 0.3 is 5.97 Å². The minimum absolute atomic E-state index is 0.00563. The van der Waals surface area contributed by atoms with E-state index in [4.69, 9.17) is 4.74 Å². The predicted molar refractivity (Wildman–Crippen MR) is 135 cm³/mol. The minimum Gasteiger partial charge on any atom is -0.506 e. The van der Waals surface area contributed by atoms with Crippen LogP contribution in [0.25, 0.3) is 0 Å². The quantitative estimate of drug-likeness (QED) is 0.236. The molecule has 0 saturated heterocycles. The summed E-state index contributed by atoms with van der Waals surface area (Å²) in [6, 6.07) is 21.7. The number of aliphatic hydroxyl groups excluding tert-OH is 1. The number of phenolic OH excluding ortho intramolecular Hbond substituents is 1. The lowest BCUT2D eigenvalue weighted by atomic mass is 9.97. The molecule has 0 fully saturated rings. The molecule has 3 aromatic rings. The number of ether oxygens (including phenoxy) is 1. The summed E-state index contributed by atoms with van der Waals surface area (Å²) in [6.45, 7) is 0.185. The van der Waals surface area contributed by atoms with Crippen molar-refractivity contribution in [3.8, 4) is 5.75 Å². The summed E-state index contributed by atoms with van der Waals surface area (Å²) < 4.78 is 30.1. The SMILES string of the molecule is COC(=O)Cc1ccc([C@H](Cc2ccccc2)NCC(O)c2ccc(O)c(NS(C)(=O)=O)c2)cc1. The topological polar surface area (TPSA) is 125 Å². The van der Waals surface area contributed by atoms with Crippen molar-refractivity contribution < 1.29 is 28.2 Å². The van der Waals surface area contributed by atoms with Crippen molar-refractivity contribution in [3.63, 3.8) is 0 Å². The first-order valence-electron chi connectivity index (χ1n) is 11.1. The molecule has 0 bridgehead atoms. The molecule has 0 aliphatic carbocycles. The van der Waals surface area contributed by atoms with E-state index in [-0.39, 0.29) is 36.4 Å². The van der Waals surface area contributed by atoms with Crippen LogP contribution in [0.5, 0.6) is 5.75 Å². The van der Waals surface area contributed by atoms with Crippen LogP contribution in [0.15, 0.2) is 72.8 Å². The Balaban J connectivity index is 1.76. The highest BCUT2D eigenvalue weighted by atomic mass is 32.2. The van der Waals surface area contributed by atoms with Crippen LogP contribution < -0.4 is 10.0 Å². The van der Waals surface area contributed by atoms with E-state index in [0.29, 0.717) is 12.0 Å². The molecule has 0 spiro atoms. The van der Waals surface area contributed by atoms with Gasteiger partial charge in [-0.15, -0.1) is 0 Å². The standard InChI is InChI=1S/C26H30N2O6S/c1-34-26(31)15-19-8-10-20(11-9-19)22(14-18-6-4-3-5-7-18)27-17-25(30)21-12-13-24(29)23(16-21)28-35(2,32)33/h3-13,16,22,25,27-30H,14-15,17H2,1-2H3/t22-,25?/m0/s1. The maximum absolute atomic E-state index is 11.6. The van der Waals surface area contributed by atoms with Gasteiger partial charge < -0.3 is 20.3 Å². The smallest absolute Gasteiger partial charge is 0.309 e. The van der Waals surface area contributed by atoms with Gasteiger partial charge in [-0.2, -0.15) is 0 Å². The fraction of sp³-hybridized carbons (Fsp3) is 0.269. The molecule has 9 heteroatoms. The zero-order valence-electron chi connectivity index (χ0n) is 19.6. The average Bonchev–Trinajstić information content (AvgIpc) is 2.83. The molecule has 3 rings (SSSR count). The molecule has 0 aliphatic rings. The molecule has 0 heterocycles. The van der Waals surface area contributed by atoms with Gasteiger partial charge in [0.25, 0.3) is 0 Å². The number of hydrogen-bond acceptors (Lipinski definition) is 7. The largest absolute Gasteiger partial charge is 0.506 e. The van der Waals surface area contributed by atoms with Crippen molar-refractivity contribution in [2.24, 2.45) is 0 Å². The maximum atomic E-state index is 11.6. The number of methoxy groups -OCH3 is 1. The third-order valence-corrected chi connectivity index (χ3v) is 6.09. The molecular weight excluding hydrogens is 468 g/mol. The van der Waals surface area contributed by atoms with Crippen LogP contribution >= 0.6 is 0 Å². The van der Waals surface area contributed by atoms with E-state index in [1.54, 1.807) is 6.07 Å². The highest BCUT2D eigenvalue weighted by molar-refractivity contribution is 7.92. The number of anilines is 1. The van der Waals surface area contributed by atoms with E-state index < -0.39 is 16.1 Å². The van der Waals surface area contributed by atoms with E-state index in [9.17, 15) is 23.4 Å². The first-order valence-corrected chi connectivity index (χ1v) is 13.0. The predicted octanol–water partition coefficient (Wildman–Crippen LogP) is 3.09. The monoisotopic (exact) mass is 498 g/mol. The van der Waals surface area contributed by atoms with Crippen LogP contribution in [-0.4, -0.2) is 44.5 Å².